The monoisotopic (exact) mass is 265 g/mol. The second-order valence-electron chi connectivity index (χ2n) is 4.88. The van der Waals surface area contributed by atoms with Crippen molar-refractivity contribution in [2.45, 2.75) is 32.3 Å². The molecule has 0 spiro atoms. The van der Waals surface area contributed by atoms with E-state index in [2.05, 4.69) is 5.43 Å². The second-order valence-corrected chi connectivity index (χ2v) is 4.88. The number of ether oxygens (including phenoxy) is 1. The number of nitrogens with one attached hydrogen (secondary N) is 1. The molecule has 1 aliphatic rings. The summed E-state index contributed by atoms with van der Waals surface area (Å²) in [6, 6.07) is 4.52. The maximum absolute atomic E-state index is 10.7. The largest absolute Gasteiger partial charge is 0.377 e. The van der Waals surface area contributed by atoms with Gasteiger partial charge in [0.05, 0.1) is 17.2 Å². The average molecular weight is 265 g/mol. The summed E-state index contributed by atoms with van der Waals surface area (Å²) in [5.74, 6) is 6.19. The Hall–Kier alpha value is -1.66. The van der Waals surface area contributed by atoms with Crippen LogP contribution in [0.3, 0.4) is 0 Å². The Morgan fingerprint density at radius 1 is 1.47 bits per heavy atom. The van der Waals surface area contributed by atoms with Crippen molar-refractivity contribution in [3.63, 3.8) is 0 Å². The summed E-state index contributed by atoms with van der Waals surface area (Å²) in [7, 11) is 0. The van der Waals surface area contributed by atoms with Crippen molar-refractivity contribution in [1.29, 1.82) is 0 Å². The van der Waals surface area contributed by atoms with E-state index < -0.39 is 4.92 Å². The number of nitro benzene ring substituents is 1. The molecule has 0 heterocycles. The van der Waals surface area contributed by atoms with Crippen LogP contribution in [0.25, 0.3) is 0 Å². The van der Waals surface area contributed by atoms with Crippen molar-refractivity contribution >= 4 is 11.4 Å². The Balaban J connectivity index is 1.88. The van der Waals surface area contributed by atoms with Gasteiger partial charge in [-0.2, -0.15) is 0 Å². The van der Waals surface area contributed by atoms with Gasteiger partial charge < -0.3 is 10.2 Å². The molecule has 1 saturated carbocycles. The predicted octanol–water partition coefficient (Wildman–Crippen LogP) is 2.59. The zero-order chi connectivity index (χ0) is 13.7. The number of hydrazine groups is 1. The molecule has 19 heavy (non-hydrogen) atoms. The number of rotatable bonds is 7. The molecule has 0 unspecified atom stereocenters. The molecule has 6 nitrogen and oxygen atoms in total. The lowest BCUT2D eigenvalue weighted by molar-refractivity contribution is -0.384. The van der Waals surface area contributed by atoms with Gasteiger partial charge in [-0.3, -0.25) is 16.0 Å². The van der Waals surface area contributed by atoms with E-state index in [1.807, 2.05) is 0 Å². The number of nitrogens with zero attached hydrogens (tertiary/aromatic N) is 1. The van der Waals surface area contributed by atoms with Gasteiger partial charge in [-0.1, -0.05) is 19.3 Å². The first-order valence-corrected chi connectivity index (χ1v) is 6.52. The molecule has 104 valence electrons. The Morgan fingerprint density at radius 2 is 2.26 bits per heavy atom. The van der Waals surface area contributed by atoms with Gasteiger partial charge in [-0.15, -0.1) is 0 Å². The van der Waals surface area contributed by atoms with E-state index in [9.17, 15) is 10.1 Å². The van der Waals surface area contributed by atoms with Gasteiger partial charge in [0.15, 0.2) is 0 Å². The first-order chi connectivity index (χ1) is 9.20. The van der Waals surface area contributed by atoms with Crippen molar-refractivity contribution in [3.8, 4) is 0 Å². The third-order valence-electron chi connectivity index (χ3n) is 3.61. The van der Waals surface area contributed by atoms with Crippen LogP contribution in [0.1, 0.15) is 31.2 Å². The molecule has 0 aliphatic heterocycles. The van der Waals surface area contributed by atoms with Crippen LogP contribution in [0, 0.1) is 16.0 Å². The fraction of sp³-hybridized carbons (Fsp3) is 0.538. The molecule has 0 aromatic heterocycles. The van der Waals surface area contributed by atoms with Crippen molar-refractivity contribution < 1.29 is 9.66 Å². The summed E-state index contributed by atoms with van der Waals surface area (Å²) in [4.78, 5) is 10.3. The summed E-state index contributed by atoms with van der Waals surface area (Å²) >= 11 is 0. The molecule has 0 radical (unpaired) electrons. The minimum absolute atomic E-state index is 0.0524. The number of nitro groups is 1. The number of anilines is 1. The molecular weight excluding hydrogens is 246 g/mol. The normalized spacial score (nSPS) is 15.0. The minimum atomic E-state index is -0.418. The van der Waals surface area contributed by atoms with E-state index in [4.69, 9.17) is 10.6 Å². The number of nitrogen functional groups attached to an aromatic ring is 1. The van der Waals surface area contributed by atoms with Gasteiger partial charge >= 0.3 is 0 Å². The Labute approximate surface area is 112 Å². The number of non-ortho nitro benzene ring substituents is 1. The van der Waals surface area contributed by atoms with E-state index in [1.165, 1.54) is 31.4 Å². The van der Waals surface area contributed by atoms with Crippen molar-refractivity contribution in [2.75, 3.05) is 12.0 Å². The zero-order valence-corrected chi connectivity index (χ0v) is 10.8. The summed E-state index contributed by atoms with van der Waals surface area (Å²) in [5.41, 5.74) is 3.96. The molecule has 1 aromatic carbocycles. The quantitative estimate of drug-likeness (QED) is 0.342. The highest BCUT2D eigenvalue weighted by Crippen LogP contribution is 2.29. The van der Waals surface area contributed by atoms with E-state index >= 15 is 0 Å². The van der Waals surface area contributed by atoms with Crippen molar-refractivity contribution in [3.05, 3.63) is 33.9 Å². The molecule has 2 rings (SSSR count). The Morgan fingerprint density at radius 3 is 2.84 bits per heavy atom. The van der Waals surface area contributed by atoms with Crippen LogP contribution in [0.2, 0.25) is 0 Å². The molecule has 1 fully saturated rings. The first-order valence-electron chi connectivity index (χ1n) is 6.52. The molecule has 6 heteroatoms. The van der Waals surface area contributed by atoms with Crippen LogP contribution in [-0.4, -0.2) is 11.5 Å². The van der Waals surface area contributed by atoms with E-state index in [0.29, 0.717) is 24.5 Å². The van der Waals surface area contributed by atoms with Gasteiger partial charge in [-0.05, 0) is 18.4 Å². The summed E-state index contributed by atoms with van der Waals surface area (Å²) < 4.78 is 5.59. The number of nitrogens with two attached hydrogens (primary N) is 1. The van der Waals surface area contributed by atoms with Crippen LogP contribution in [0.4, 0.5) is 11.4 Å². The van der Waals surface area contributed by atoms with Gasteiger partial charge in [0.25, 0.3) is 5.69 Å². The highest BCUT2D eigenvalue weighted by atomic mass is 16.6. The zero-order valence-electron chi connectivity index (χ0n) is 10.8. The molecular formula is C13H19N3O3. The lowest BCUT2D eigenvalue weighted by atomic mass is 9.83. The van der Waals surface area contributed by atoms with E-state index in [0.717, 1.165) is 12.3 Å². The molecule has 3 N–H and O–H groups in total. The number of hydrogen-bond acceptors (Lipinski definition) is 5. The molecule has 1 aliphatic carbocycles. The third-order valence-corrected chi connectivity index (χ3v) is 3.61. The average Bonchev–Trinajstić information content (AvgIpc) is 2.36. The van der Waals surface area contributed by atoms with Crippen LogP contribution < -0.4 is 11.3 Å². The molecule has 0 bridgehead atoms. The minimum Gasteiger partial charge on any atom is -0.377 e. The van der Waals surface area contributed by atoms with Crippen LogP contribution in [-0.2, 0) is 11.3 Å². The predicted molar refractivity (Wildman–Crippen MR) is 72.5 cm³/mol. The Bertz CT molecular complexity index is 447. The first kappa shape index (κ1) is 13.8. The highest BCUT2D eigenvalue weighted by Gasteiger charge is 2.17. The lowest BCUT2D eigenvalue weighted by Crippen LogP contribution is -2.14. The van der Waals surface area contributed by atoms with Crippen LogP contribution in [0.15, 0.2) is 18.2 Å². The Kier molecular flexibility index (Phi) is 4.70. The molecule has 0 atom stereocenters. The molecule has 1 aromatic rings. The summed E-state index contributed by atoms with van der Waals surface area (Å²) in [6.45, 7) is 1.03. The van der Waals surface area contributed by atoms with Gasteiger partial charge in [0, 0.05) is 24.3 Å². The topological polar surface area (TPSA) is 90.4 Å². The summed E-state index contributed by atoms with van der Waals surface area (Å²) in [6.07, 6.45) is 5.00. The highest BCUT2D eigenvalue weighted by molar-refractivity contribution is 5.55. The number of benzene rings is 1. The maximum atomic E-state index is 10.7. The van der Waals surface area contributed by atoms with Crippen LogP contribution >= 0.6 is 0 Å². The van der Waals surface area contributed by atoms with E-state index in [1.54, 1.807) is 6.07 Å². The smallest absolute Gasteiger partial charge is 0.269 e. The summed E-state index contributed by atoms with van der Waals surface area (Å²) in [5, 5.41) is 10.7. The van der Waals surface area contributed by atoms with Gasteiger partial charge in [0.1, 0.15) is 0 Å². The van der Waals surface area contributed by atoms with Gasteiger partial charge in [-0.25, -0.2) is 0 Å². The maximum Gasteiger partial charge on any atom is 0.269 e. The van der Waals surface area contributed by atoms with Gasteiger partial charge in [0.2, 0.25) is 0 Å². The molecule has 0 saturated heterocycles. The lowest BCUT2D eigenvalue weighted by Gasteiger charge is -2.24. The number of hydrogen-bond donors (Lipinski definition) is 2. The van der Waals surface area contributed by atoms with Crippen molar-refractivity contribution in [1.82, 2.24) is 0 Å². The van der Waals surface area contributed by atoms with Crippen molar-refractivity contribution in [2.24, 2.45) is 11.8 Å². The standard InChI is InChI=1S/C13H19N3O3/c14-15-13-5-4-12(16(17)18)8-11(13)9-19-7-6-10-2-1-3-10/h4-5,8,10,15H,1-3,6-7,9,14H2. The molecule has 0 amide bonds. The second kappa shape index (κ2) is 6.49. The third kappa shape index (κ3) is 3.65. The van der Waals surface area contributed by atoms with Crippen LogP contribution in [0.5, 0.6) is 0 Å². The van der Waals surface area contributed by atoms with E-state index in [-0.39, 0.29) is 5.69 Å². The SMILES string of the molecule is NNc1ccc([N+](=O)[O-])cc1COCCC1CCC1. The fourth-order valence-corrected chi connectivity index (χ4v) is 2.17. The fourth-order valence-electron chi connectivity index (χ4n) is 2.17.